The fourth-order valence-electron chi connectivity index (χ4n) is 3.48. The summed E-state index contributed by atoms with van der Waals surface area (Å²) in [6, 6.07) is 12.2. The molecule has 0 unspecified atom stereocenters. The first-order chi connectivity index (χ1) is 17.7. The molecule has 0 spiro atoms. The van der Waals surface area contributed by atoms with Gasteiger partial charge in [-0.3, -0.25) is 4.79 Å². The van der Waals surface area contributed by atoms with Crippen LogP contribution in [0.3, 0.4) is 0 Å². The van der Waals surface area contributed by atoms with Gasteiger partial charge >= 0.3 is 12.1 Å². The zero-order valence-electron chi connectivity index (χ0n) is 19.4. The molecule has 2 heterocycles. The van der Waals surface area contributed by atoms with Crippen LogP contribution in [0.1, 0.15) is 16.8 Å². The van der Waals surface area contributed by atoms with Gasteiger partial charge in [-0.05, 0) is 24.3 Å². The van der Waals surface area contributed by atoms with Gasteiger partial charge in [-0.15, -0.1) is 0 Å². The Bertz CT molecular complexity index is 1330. The van der Waals surface area contributed by atoms with E-state index in [9.17, 15) is 35.5 Å². The highest BCUT2D eigenvalue weighted by molar-refractivity contribution is 5.95. The van der Waals surface area contributed by atoms with Crippen LogP contribution >= 0.6 is 0 Å². The van der Waals surface area contributed by atoms with Crippen molar-refractivity contribution in [3.8, 4) is 11.6 Å². The highest BCUT2D eigenvalue weighted by atomic mass is 19.4. The predicted octanol–water partition coefficient (Wildman–Crippen LogP) is 5.08. The van der Waals surface area contributed by atoms with E-state index in [0.29, 0.717) is 5.52 Å². The number of aromatic nitrogens is 1. The number of methoxy groups -OCH3 is 1. The molecule has 1 amide bonds. The van der Waals surface area contributed by atoms with Crippen LogP contribution in [0.4, 0.5) is 30.7 Å². The lowest BCUT2D eigenvalue weighted by Crippen LogP contribution is -2.55. The molecule has 1 aromatic heterocycles. The minimum Gasteiger partial charge on any atom is -0.494 e. The molecular formula is C24H19F7N2O5. The Morgan fingerprint density at radius 2 is 1.74 bits per heavy atom. The first kappa shape index (κ1) is 28.5. The Labute approximate surface area is 210 Å². The lowest BCUT2D eigenvalue weighted by atomic mass is 10.0. The topological polar surface area (TPSA) is 89.0 Å². The number of aliphatic carboxylic acids is 1. The van der Waals surface area contributed by atoms with Gasteiger partial charge in [0.05, 0.1) is 19.2 Å². The van der Waals surface area contributed by atoms with Gasteiger partial charge in [-0.1, -0.05) is 18.2 Å². The maximum Gasteiger partial charge on any atom is 0.490 e. The Morgan fingerprint density at radius 3 is 2.37 bits per heavy atom. The number of likely N-dealkylation sites (tertiary alicyclic amines) is 1. The fourth-order valence-corrected chi connectivity index (χ4v) is 3.48. The number of alkyl halides is 5. The molecular weight excluding hydrogens is 529 g/mol. The molecule has 14 heteroatoms. The zero-order chi connectivity index (χ0) is 28.3. The molecule has 0 saturated carbocycles. The number of pyridine rings is 1. The van der Waals surface area contributed by atoms with Crippen LogP contribution in [-0.2, 0) is 4.79 Å². The number of fused-ring (bicyclic) bond motifs is 1. The highest BCUT2D eigenvalue weighted by Gasteiger charge is 2.48. The average molecular weight is 548 g/mol. The van der Waals surface area contributed by atoms with Crippen molar-refractivity contribution in [1.29, 1.82) is 0 Å². The maximum atomic E-state index is 14.5. The van der Waals surface area contributed by atoms with Gasteiger partial charge in [0.1, 0.15) is 11.4 Å². The molecule has 1 atom stereocenters. The van der Waals surface area contributed by atoms with E-state index in [0.717, 1.165) is 22.4 Å². The van der Waals surface area contributed by atoms with Crippen LogP contribution in [0.2, 0.25) is 0 Å². The minimum atomic E-state index is -5.08. The number of nitrogens with zero attached hydrogens (tertiary/aromatic N) is 2. The number of carboxylic acids is 1. The third kappa shape index (κ3) is 6.42. The number of carbonyl (C=O) groups is 2. The van der Waals surface area contributed by atoms with E-state index >= 15 is 0 Å². The molecule has 4 rings (SSSR count). The molecule has 204 valence electrons. The Hall–Kier alpha value is -4.10. The number of hydrogen-bond donors (Lipinski definition) is 1. The first-order valence-corrected chi connectivity index (χ1v) is 10.8. The normalized spacial score (nSPS) is 16.8. The van der Waals surface area contributed by atoms with Crippen molar-refractivity contribution in [3.05, 3.63) is 65.7 Å². The van der Waals surface area contributed by atoms with Crippen LogP contribution in [0.15, 0.2) is 48.5 Å². The molecule has 1 saturated heterocycles. The lowest BCUT2D eigenvalue weighted by Gasteiger charge is -2.38. The molecule has 38 heavy (non-hydrogen) atoms. The van der Waals surface area contributed by atoms with Crippen molar-refractivity contribution in [1.82, 2.24) is 9.88 Å². The number of hydrogen-bond acceptors (Lipinski definition) is 5. The number of carboxylic acid groups (broad SMARTS) is 1. The van der Waals surface area contributed by atoms with Crippen molar-refractivity contribution in [2.45, 2.75) is 24.6 Å². The molecule has 1 N–H and O–H groups in total. The molecule has 0 radical (unpaired) electrons. The molecule has 2 aromatic carbocycles. The lowest BCUT2D eigenvalue weighted by molar-refractivity contribution is -0.192. The van der Waals surface area contributed by atoms with Gasteiger partial charge in [0, 0.05) is 24.4 Å². The van der Waals surface area contributed by atoms with Gasteiger partial charge in [0.15, 0.2) is 17.7 Å². The minimum absolute atomic E-state index is 0.0311. The summed E-state index contributed by atoms with van der Waals surface area (Å²) in [4.78, 5) is 26.8. The summed E-state index contributed by atoms with van der Waals surface area (Å²) in [5.74, 6) is -9.70. The smallest absolute Gasteiger partial charge is 0.490 e. The monoisotopic (exact) mass is 548 g/mol. The second kappa shape index (κ2) is 11.1. The number of amides is 1. The second-order valence-electron chi connectivity index (χ2n) is 7.95. The fraction of sp³-hybridized carbons (Fsp3) is 0.292. The molecule has 0 bridgehead atoms. The maximum absolute atomic E-state index is 14.5. The summed E-state index contributed by atoms with van der Waals surface area (Å²) < 4.78 is 99.7. The molecule has 0 aliphatic carbocycles. The third-order valence-corrected chi connectivity index (χ3v) is 5.43. The summed E-state index contributed by atoms with van der Waals surface area (Å²) in [6.07, 6.45) is -7.53. The van der Waals surface area contributed by atoms with Crippen molar-refractivity contribution in [2.24, 2.45) is 0 Å². The van der Waals surface area contributed by atoms with Gasteiger partial charge in [0.25, 0.3) is 11.8 Å². The first-order valence-electron chi connectivity index (χ1n) is 10.8. The summed E-state index contributed by atoms with van der Waals surface area (Å²) in [7, 11) is 1.17. The largest absolute Gasteiger partial charge is 0.494 e. The van der Waals surface area contributed by atoms with Crippen molar-refractivity contribution < 1.29 is 54.9 Å². The van der Waals surface area contributed by atoms with Crippen LogP contribution in [-0.4, -0.2) is 65.3 Å². The summed E-state index contributed by atoms with van der Waals surface area (Å²) in [6.45, 7) is -0.941. The van der Waals surface area contributed by atoms with E-state index < -0.39 is 60.2 Å². The number of piperidine rings is 1. The standard InChI is InChI=1S/C22H18F4N2O3.C2HF3O2/c1-30-16-8-7-14(23)19(20(16)24)21(29)28-11-10-22(25,26)17(12-28)31-18-9-6-13-4-2-3-5-15(13)27-18;3-2(4,5)1(6)7/h2-9,17H,10-12H2,1H3;(H,6,7)/t17-;/m0./s1. The number of benzene rings is 2. The van der Waals surface area contributed by atoms with E-state index in [-0.39, 0.29) is 18.2 Å². The van der Waals surface area contributed by atoms with Crippen molar-refractivity contribution in [3.63, 3.8) is 0 Å². The van der Waals surface area contributed by atoms with E-state index in [2.05, 4.69) is 4.98 Å². The van der Waals surface area contributed by atoms with Gasteiger partial charge in [-0.2, -0.15) is 13.2 Å². The van der Waals surface area contributed by atoms with Crippen molar-refractivity contribution >= 4 is 22.8 Å². The van der Waals surface area contributed by atoms with E-state index in [1.54, 1.807) is 18.2 Å². The van der Waals surface area contributed by atoms with Crippen LogP contribution in [0.25, 0.3) is 10.9 Å². The molecule has 1 aliphatic heterocycles. The van der Waals surface area contributed by atoms with Crippen LogP contribution < -0.4 is 9.47 Å². The van der Waals surface area contributed by atoms with Gasteiger partial charge in [-0.25, -0.2) is 27.3 Å². The zero-order valence-corrected chi connectivity index (χ0v) is 19.4. The van der Waals surface area contributed by atoms with E-state index in [4.69, 9.17) is 19.4 Å². The summed E-state index contributed by atoms with van der Waals surface area (Å²) in [5, 5.41) is 7.94. The predicted molar refractivity (Wildman–Crippen MR) is 118 cm³/mol. The number of para-hydroxylation sites is 1. The van der Waals surface area contributed by atoms with Crippen molar-refractivity contribution in [2.75, 3.05) is 20.2 Å². The Morgan fingerprint density at radius 1 is 1.08 bits per heavy atom. The SMILES string of the molecule is COc1ccc(F)c(C(=O)N2CCC(F)(F)[C@@H](Oc3ccc4ccccc4n3)C2)c1F.O=C(O)C(F)(F)F. The molecule has 1 aliphatic rings. The number of carbonyl (C=O) groups excluding carboxylic acids is 1. The summed E-state index contributed by atoms with van der Waals surface area (Å²) >= 11 is 0. The number of rotatable bonds is 4. The van der Waals surface area contributed by atoms with Crippen LogP contribution in [0.5, 0.6) is 11.6 Å². The quantitative estimate of drug-likeness (QED) is 0.458. The molecule has 3 aromatic rings. The van der Waals surface area contributed by atoms with Gasteiger partial charge in [0.2, 0.25) is 5.88 Å². The molecule has 7 nitrogen and oxygen atoms in total. The van der Waals surface area contributed by atoms with Gasteiger partial charge < -0.3 is 19.5 Å². The Balaban J connectivity index is 0.000000505. The third-order valence-electron chi connectivity index (χ3n) is 5.43. The van der Waals surface area contributed by atoms with Crippen LogP contribution in [0, 0.1) is 11.6 Å². The Kier molecular flexibility index (Phi) is 8.32. The second-order valence-corrected chi connectivity index (χ2v) is 7.95. The van der Waals surface area contributed by atoms with E-state index in [1.807, 2.05) is 12.1 Å². The number of halogens is 7. The summed E-state index contributed by atoms with van der Waals surface area (Å²) in [5.41, 5.74) is -0.292. The highest BCUT2D eigenvalue weighted by Crippen LogP contribution is 2.33. The molecule has 1 fully saturated rings. The average Bonchev–Trinajstić information content (AvgIpc) is 2.85. The van der Waals surface area contributed by atoms with E-state index in [1.165, 1.54) is 13.2 Å². The number of ether oxygens (including phenoxy) is 2.